The molecule has 1 aliphatic carbocycles. The van der Waals surface area contributed by atoms with Crippen molar-refractivity contribution in [2.24, 2.45) is 23.2 Å². The predicted octanol–water partition coefficient (Wildman–Crippen LogP) is 3.48. The molecule has 1 aromatic carbocycles. The number of carboxylic acids is 1. The predicted molar refractivity (Wildman–Crippen MR) is 160 cm³/mol. The molecule has 2 heterocycles. The second-order valence-electron chi connectivity index (χ2n) is 12.7. The highest BCUT2D eigenvalue weighted by molar-refractivity contribution is 5.97. The first-order valence-corrected chi connectivity index (χ1v) is 15.1. The number of nitrogens with one attached hydrogen (secondary N) is 2. The molecule has 1 saturated heterocycles. The Morgan fingerprint density at radius 2 is 1.73 bits per heavy atom. The first kappa shape index (κ1) is 32.6. The van der Waals surface area contributed by atoms with E-state index in [9.17, 15) is 29.1 Å². The minimum atomic E-state index is -1.15. The summed E-state index contributed by atoms with van der Waals surface area (Å²) in [5, 5.41) is 15.6. The Labute approximate surface area is 257 Å². The molecular weight excluding hydrogens is 566 g/mol. The number of carboxylic acid groups (broad SMARTS) is 1. The molecule has 12 nitrogen and oxygen atoms in total. The van der Waals surface area contributed by atoms with Gasteiger partial charge in [0.15, 0.2) is 5.78 Å². The van der Waals surface area contributed by atoms with E-state index in [1.165, 1.54) is 23.5 Å². The Hall–Kier alpha value is -4.35. The monoisotopic (exact) mass is 607 g/mol. The van der Waals surface area contributed by atoms with Gasteiger partial charge in [0.1, 0.15) is 11.4 Å². The van der Waals surface area contributed by atoms with Crippen LogP contribution in [-0.4, -0.2) is 74.8 Å². The Morgan fingerprint density at radius 3 is 2.34 bits per heavy atom. The van der Waals surface area contributed by atoms with E-state index < -0.39 is 53.2 Å². The zero-order valence-corrected chi connectivity index (χ0v) is 25.4. The van der Waals surface area contributed by atoms with E-state index in [1.54, 1.807) is 30.3 Å². The van der Waals surface area contributed by atoms with Crippen LogP contribution in [0, 0.1) is 23.2 Å². The maximum atomic E-state index is 13.9. The number of aliphatic carboxylic acids is 1. The number of hydrogen-bond donors (Lipinski definition) is 3. The molecule has 0 bridgehead atoms. The van der Waals surface area contributed by atoms with Crippen LogP contribution in [0.3, 0.4) is 0 Å². The molecule has 0 unspecified atom stereocenters. The standard InChI is InChI=1S/C32H41N5O7/c1-32(2,3)23(16-26(38)27(20-10-6-4-7-11-20)36-29(40)24-17-33-14-15-34-24)28(39)35-25-19-37(18-22(25)30(41)42)31(43)44-21-12-8-5-9-13-21/h5,8-9,12-15,17,20,22-23,25,27H,4,6-7,10-11,16,18-19H2,1-3H3,(H,35,39)(H,36,40)(H,41,42)/t22-,23-,25+,27+/m1/s1. The molecule has 2 fully saturated rings. The molecule has 4 rings (SSSR count). The van der Waals surface area contributed by atoms with Gasteiger partial charge in [-0.3, -0.25) is 24.2 Å². The summed E-state index contributed by atoms with van der Waals surface area (Å²) in [7, 11) is 0. The van der Waals surface area contributed by atoms with E-state index in [0.29, 0.717) is 5.75 Å². The number of rotatable bonds is 10. The first-order chi connectivity index (χ1) is 20.9. The zero-order valence-electron chi connectivity index (χ0n) is 25.4. The van der Waals surface area contributed by atoms with E-state index in [1.807, 2.05) is 20.8 Å². The molecule has 3 amide bonds. The second-order valence-corrected chi connectivity index (χ2v) is 12.7. The van der Waals surface area contributed by atoms with Gasteiger partial charge in [0.25, 0.3) is 5.91 Å². The number of likely N-dealkylation sites (tertiary alicyclic amines) is 1. The summed E-state index contributed by atoms with van der Waals surface area (Å²) in [6.07, 6.45) is 7.84. The van der Waals surface area contributed by atoms with Gasteiger partial charge in [-0.05, 0) is 36.3 Å². The Bertz CT molecular complexity index is 1330. The summed E-state index contributed by atoms with van der Waals surface area (Å²) in [4.78, 5) is 74.8. The maximum Gasteiger partial charge on any atom is 0.415 e. The molecule has 1 aromatic heterocycles. The smallest absolute Gasteiger partial charge is 0.415 e. The molecule has 44 heavy (non-hydrogen) atoms. The van der Waals surface area contributed by atoms with Crippen molar-refractivity contribution in [2.75, 3.05) is 13.1 Å². The number of para-hydroxylation sites is 1. The first-order valence-electron chi connectivity index (χ1n) is 15.1. The van der Waals surface area contributed by atoms with Gasteiger partial charge in [-0.1, -0.05) is 58.2 Å². The van der Waals surface area contributed by atoms with Crippen LogP contribution in [0.5, 0.6) is 5.75 Å². The SMILES string of the molecule is CC(C)(C)[C@H](CC(=O)[C@@H](NC(=O)c1cnccn1)C1CCCCC1)C(=O)N[C@H]1CN(C(=O)Oc2ccccc2)C[C@H]1C(=O)O. The molecule has 0 radical (unpaired) electrons. The van der Waals surface area contributed by atoms with Crippen molar-refractivity contribution in [1.82, 2.24) is 25.5 Å². The molecular formula is C32H41N5O7. The van der Waals surface area contributed by atoms with Crippen LogP contribution in [0.1, 0.15) is 69.8 Å². The largest absolute Gasteiger partial charge is 0.481 e. The van der Waals surface area contributed by atoms with Gasteiger partial charge < -0.3 is 25.4 Å². The van der Waals surface area contributed by atoms with Crippen molar-refractivity contribution in [3.8, 4) is 5.75 Å². The van der Waals surface area contributed by atoms with E-state index >= 15 is 0 Å². The minimum absolute atomic E-state index is 0.0575. The number of hydrogen-bond acceptors (Lipinski definition) is 8. The fourth-order valence-corrected chi connectivity index (χ4v) is 5.97. The average molecular weight is 608 g/mol. The topological polar surface area (TPSA) is 168 Å². The lowest BCUT2D eigenvalue weighted by Gasteiger charge is -2.34. The molecule has 2 aromatic rings. The molecule has 2 aliphatic rings. The van der Waals surface area contributed by atoms with Crippen molar-refractivity contribution >= 4 is 29.7 Å². The fraction of sp³-hybridized carbons (Fsp3) is 0.531. The van der Waals surface area contributed by atoms with E-state index in [-0.39, 0.29) is 36.9 Å². The summed E-state index contributed by atoms with van der Waals surface area (Å²) in [5.74, 6) is -4.04. The zero-order chi connectivity index (χ0) is 31.9. The Kier molecular flexibility index (Phi) is 10.7. The van der Waals surface area contributed by atoms with Crippen molar-refractivity contribution in [2.45, 2.75) is 71.4 Å². The molecule has 0 spiro atoms. The van der Waals surface area contributed by atoms with Crippen LogP contribution in [0.2, 0.25) is 0 Å². The number of benzene rings is 1. The molecule has 4 atom stereocenters. The molecule has 3 N–H and O–H groups in total. The van der Waals surface area contributed by atoms with Gasteiger partial charge in [-0.25, -0.2) is 9.78 Å². The second kappa shape index (κ2) is 14.4. The molecule has 1 saturated carbocycles. The fourth-order valence-electron chi connectivity index (χ4n) is 5.97. The van der Waals surface area contributed by atoms with Crippen LogP contribution in [0.15, 0.2) is 48.9 Å². The van der Waals surface area contributed by atoms with Gasteiger partial charge in [-0.15, -0.1) is 0 Å². The quantitative estimate of drug-likeness (QED) is 0.366. The Balaban J connectivity index is 1.48. The van der Waals surface area contributed by atoms with Gasteiger partial charge in [0, 0.05) is 37.8 Å². The molecule has 12 heteroatoms. The highest BCUT2D eigenvalue weighted by Gasteiger charge is 2.44. The normalized spacial score (nSPS) is 20.3. The number of amides is 3. The third-order valence-electron chi connectivity index (χ3n) is 8.49. The summed E-state index contributed by atoms with van der Waals surface area (Å²) in [6, 6.07) is 6.75. The minimum Gasteiger partial charge on any atom is -0.481 e. The van der Waals surface area contributed by atoms with Crippen LogP contribution < -0.4 is 15.4 Å². The maximum absolute atomic E-state index is 13.9. The van der Waals surface area contributed by atoms with Gasteiger partial charge in [0.2, 0.25) is 5.91 Å². The highest BCUT2D eigenvalue weighted by Crippen LogP contribution is 2.33. The Morgan fingerprint density at radius 1 is 1.02 bits per heavy atom. The van der Waals surface area contributed by atoms with Crippen molar-refractivity contribution in [3.63, 3.8) is 0 Å². The summed E-state index contributed by atoms with van der Waals surface area (Å²) in [6.45, 7) is 5.32. The van der Waals surface area contributed by atoms with Crippen molar-refractivity contribution < 1.29 is 33.8 Å². The summed E-state index contributed by atoms with van der Waals surface area (Å²) < 4.78 is 5.38. The number of carbonyl (C=O) groups is 5. The number of Topliss-reactive ketones (excluding diaryl/α,β-unsaturated/α-hetero) is 1. The van der Waals surface area contributed by atoms with Gasteiger partial charge in [0.05, 0.1) is 24.2 Å². The lowest BCUT2D eigenvalue weighted by atomic mass is 9.74. The lowest BCUT2D eigenvalue weighted by Crippen LogP contribution is -2.51. The average Bonchev–Trinajstić information content (AvgIpc) is 3.43. The van der Waals surface area contributed by atoms with Crippen LogP contribution in [0.4, 0.5) is 4.79 Å². The number of ketones is 1. The highest BCUT2D eigenvalue weighted by atomic mass is 16.6. The van der Waals surface area contributed by atoms with Crippen LogP contribution in [-0.2, 0) is 14.4 Å². The van der Waals surface area contributed by atoms with Gasteiger partial charge >= 0.3 is 12.1 Å². The third-order valence-corrected chi connectivity index (χ3v) is 8.49. The third kappa shape index (κ3) is 8.39. The van der Waals surface area contributed by atoms with Crippen molar-refractivity contribution in [3.05, 3.63) is 54.6 Å². The van der Waals surface area contributed by atoms with Crippen LogP contribution >= 0.6 is 0 Å². The molecule has 236 valence electrons. The number of ether oxygens (including phenoxy) is 1. The van der Waals surface area contributed by atoms with E-state index in [4.69, 9.17) is 4.74 Å². The van der Waals surface area contributed by atoms with Crippen molar-refractivity contribution in [1.29, 1.82) is 0 Å². The van der Waals surface area contributed by atoms with E-state index in [2.05, 4.69) is 20.6 Å². The number of carbonyl (C=O) groups excluding carboxylic acids is 4. The lowest BCUT2D eigenvalue weighted by molar-refractivity contribution is -0.142. The summed E-state index contributed by atoms with van der Waals surface area (Å²) >= 11 is 0. The van der Waals surface area contributed by atoms with Crippen LogP contribution in [0.25, 0.3) is 0 Å². The van der Waals surface area contributed by atoms with E-state index in [0.717, 1.165) is 32.1 Å². The number of aromatic nitrogens is 2. The van der Waals surface area contributed by atoms with Gasteiger partial charge in [-0.2, -0.15) is 0 Å². The summed E-state index contributed by atoms with van der Waals surface area (Å²) in [5.41, 5.74) is -0.572. The number of nitrogens with zero attached hydrogens (tertiary/aromatic N) is 3. The molecule has 1 aliphatic heterocycles.